The van der Waals surface area contributed by atoms with E-state index < -0.39 is 30.6 Å². The minimum atomic E-state index is -4.24. The number of para-hydroxylation sites is 1. The standard InChI is InChI=1S/C12H8ClNO5S/c13-12-10(14(15)16)7-4-8-11(12)20(17,18)19-9-5-2-1-3-6-9/h1-8H. The van der Waals surface area contributed by atoms with Crippen molar-refractivity contribution in [1.29, 1.82) is 0 Å². The second-order valence-corrected chi connectivity index (χ2v) is 5.59. The molecule has 0 saturated heterocycles. The Kier molecular flexibility index (Phi) is 3.91. The molecule has 8 heteroatoms. The highest BCUT2D eigenvalue weighted by Gasteiger charge is 2.26. The van der Waals surface area contributed by atoms with Gasteiger partial charge in [-0.15, -0.1) is 0 Å². The summed E-state index contributed by atoms with van der Waals surface area (Å²) < 4.78 is 29.0. The molecule has 0 bridgehead atoms. The Labute approximate surface area is 119 Å². The Morgan fingerprint density at radius 3 is 2.30 bits per heavy atom. The smallest absolute Gasteiger partial charge is 0.340 e. The monoisotopic (exact) mass is 313 g/mol. The summed E-state index contributed by atoms with van der Waals surface area (Å²) in [6.45, 7) is 0. The molecule has 0 spiro atoms. The van der Waals surface area contributed by atoms with Crippen LogP contribution in [-0.4, -0.2) is 13.3 Å². The van der Waals surface area contributed by atoms with Gasteiger partial charge in [-0.1, -0.05) is 35.9 Å². The van der Waals surface area contributed by atoms with Gasteiger partial charge in [0.2, 0.25) is 0 Å². The molecule has 0 aromatic heterocycles. The first-order valence-electron chi connectivity index (χ1n) is 5.34. The van der Waals surface area contributed by atoms with E-state index in [9.17, 15) is 18.5 Å². The highest BCUT2D eigenvalue weighted by molar-refractivity contribution is 7.87. The lowest BCUT2D eigenvalue weighted by atomic mass is 10.3. The first-order valence-corrected chi connectivity index (χ1v) is 7.13. The van der Waals surface area contributed by atoms with Gasteiger partial charge in [-0.25, -0.2) is 0 Å². The molecular formula is C12H8ClNO5S. The Morgan fingerprint density at radius 1 is 1.05 bits per heavy atom. The molecule has 2 aromatic carbocycles. The van der Waals surface area contributed by atoms with Crippen LogP contribution in [-0.2, 0) is 10.1 Å². The third-order valence-corrected chi connectivity index (χ3v) is 4.16. The van der Waals surface area contributed by atoms with Crippen molar-refractivity contribution in [1.82, 2.24) is 0 Å². The van der Waals surface area contributed by atoms with E-state index in [1.54, 1.807) is 18.2 Å². The van der Waals surface area contributed by atoms with Gasteiger partial charge in [0.05, 0.1) is 4.92 Å². The molecule has 2 rings (SSSR count). The van der Waals surface area contributed by atoms with Crippen molar-refractivity contribution in [3.63, 3.8) is 0 Å². The summed E-state index contributed by atoms with van der Waals surface area (Å²) >= 11 is 5.75. The minimum absolute atomic E-state index is 0.0927. The van der Waals surface area contributed by atoms with Crippen molar-refractivity contribution in [3.05, 3.63) is 63.7 Å². The van der Waals surface area contributed by atoms with Crippen LogP contribution in [0.15, 0.2) is 53.4 Å². The molecule has 0 aliphatic rings. The molecule has 0 atom stereocenters. The molecule has 0 heterocycles. The predicted octanol–water partition coefficient (Wildman–Crippen LogP) is 3.02. The van der Waals surface area contributed by atoms with Crippen LogP contribution < -0.4 is 4.18 Å². The van der Waals surface area contributed by atoms with Crippen molar-refractivity contribution < 1.29 is 17.5 Å². The number of benzene rings is 2. The topological polar surface area (TPSA) is 86.5 Å². The second-order valence-electron chi connectivity index (χ2n) is 3.70. The van der Waals surface area contributed by atoms with Crippen molar-refractivity contribution in [3.8, 4) is 5.75 Å². The SMILES string of the molecule is O=[N+]([O-])c1cccc(S(=O)(=O)Oc2ccccc2)c1Cl. The van der Waals surface area contributed by atoms with Crippen LogP contribution in [0.1, 0.15) is 0 Å². The number of halogens is 1. The van der Waals surface area contributed by atoms with Gasteiger partial charge in [-0.3, -0.25) is 10.1 Å². The highest BCUT2D eigenvalue weighted by atomic mass is 35.5. The summed E-state index contributed by atoms with van der Waals surface area (Å²) in [5, 5.41) is 10.3. The zero-order valence-electron chi connectivity index (χ0n) is 9.89. The van der Waals surface area contributed by atoms with Gasteiger partial charge in [-0.2, -0.15) is 8.42 Å². The number of hydrogen-bond acceptors (Lipinski definition) is 5. The number of nitrogens with zero attached hydrogens (tertiary/aromatic N) is 1. The van der Waals surface area contributed by atoms with Gasteiger partial charge in [0.15, 0.2) is 0 Å². The molecule has 104 valence electrons. The van der Waals surface area contributed by atoms with E-state index >= 15 is 0 Å². The van der Waals surface area contributed by atoms with Gasteiger partial charge in [0.1, 0.15) is 15.7 Å². The molecule has 0 amide bonds. The molecule has 2 aromatic rings. The van der Waals surface area contributed by atoms with Gasteiger partial charge in [0, 0.05) is 6.07 Å². The molecular weight excluding hydrogens is 306 g/mol. The summed E-state index contributed by atoms with van der Waals surface area (Å²) in [7, 11) is -4.24. The zero-order valence-corrected chi connectivity index (χ0v) is 11.5. The molecule has 0 aliphatic heterocycles. The lowest BCUT2D eigenvalue weighted by Crippen LogP contribution is -2.10. The quantitative estimate of drug-likeness (QED) is 0.492. The zero-order chi connectivity index (χ0) is 14.8. The fraction of sp³-hybridized carbons (Fsp3) is 0. The fourth-order valence-electron chi connectivity index (χ4n) is 1.48. The maximum Gasteiger partial charge on any atom is 0.340 e. The van der Waals surface area contributed by atoms with E-state index in [2.05, 4.69) is 0 Å². The number of nitro groups is 1. The molecule has 0 radical (unpaired) electrons. The van der Waals surface area contributed by atoms with Crippen LogP contribution in [0.5, 0.6) is 5.75 Å². The van der Waals surface area contributed by atoms with Crippen LogP contribution in [0.4, 0.5) is 5.69 Å². The Balaban J connectivity index is 2.45. The lowest BCUT2D eigenvalue weighted by Gasteiger charge is -2.08. The van der Waals surface area contributed by atoms with E-state index in [0.717, 1.165) is 12.1 Å². The van der Waals surface area contributed by atoms with Crippen molar-refractivity contribution in [2.75, 3.05) is 0 Å². The molecule has 0 aliphatic carbocycles. The minimum Gasteiger partial charge on any atom is -0.379 e. The maximum absolute atomic E-state index is 12.1. The predicted molar refractivity (Wildman–Crippen MR) is 72.4 cm³/mol. The Hall–Kier alpha value is -2.12. The van der Waals surface area contributed by atoms with Gasteiger partial charge in [0.25, 0.3) is 5.69 Å². The third kappa shape index (κ3) is 2.89. The van der Waals surface area contributed by atoms with Crippen molar-refractivity contribution in [2.45, 2.75) is 4.90 Å². The third-order valence-electron chi connectivity index (χ3n) is 2.36. The van der Waals surface area contributed by atoms with Crippen LogP contribution in [0.25, 0.3) is 0 Å². The van der Waals surface area contributed by atoms with Crippen LogP contribution in [0, 0.1) is 10.1 Å². The summed E-state index contributed by atoms with van der Waals surface area (Å²) in [6.07, 6.45) is 0. The summed E-state index contributed by atoms with van der Waals surface area (Å²) in [6, 6.07) is 11.3. The van der Waals surface area contributed by atoms with E-state index in [1.165, 1.54) is 18.2 Å². The van der Waals surface area contributed by atoms with Gasteiger partial charge >= 0.3 is 10.1 Å². The average molecular weight is 314 g/mol. The molecule has 0 fully saturated rings. The molecule has 6 nitrogen and oxygen atoms in total. The second kappa shape index (κ2) is 5.48. The summed E-state index contributed by atoms with van der Waals surface area (Å²) in [4.78, 5) is 9.54. The first kappa shape index (κ1) is 14.3. The first-order chi connectivity index (χ1) is 9.42. The van der Waals surface area contributed by atoms with Gasteiger partial charge in [-0.05, 0) is 18.2 Å². The lowest BCUT2D eigenvalue weighted by molar-refractivity contribution is -0.384. The van der Waals surface area contributed by atoms with Crippen LogP contribution in [0.2, 0.25) is 5.02 Å². The number of hydrogen-bond donors (Lipinski definition) is 0. The number of nitro benzene ring substituents is 1. The van der Waals surface area contributed by atoms with E-state index in [0.29, 0.717) is 0 Å². The van der Waals surface area contributed by atoms with Crippen LogP contribution >= 0.6 is 11.6 Å². The Morgan fingerprint density at radius 2 is 1.70 bits per heavy atom. The molecule has 0 N–H and O–H groups in total. The van der Waals surface area contributed by atoms with E-state index in [4.69, 9.17) is 15.8 Å². The molecule has 0 unspecified atom stereocenters. The summed E-state index contributed by atoms with van der Waals surface area (Å²) in [5.74, 6) is 0.0927. The normalized spacial score (nSPS) is 11.1. The molecule has 20 heavy (non-hydrogen) atoms. The van der Waals surface area contributed by atoms with Crippen molar-refractivity contribution in [2.24, 2.45) is 0 Å². The van der Waals surface area contributed by atoms with E-state index in [1.807, 2.05) is 0 Å². The maximum atomic E-state index is 12.1. The molecule has 0 saturated carbocycles. The fourth-order valence-corrected chi connectivity index (χ4v) is 2.98. The van der Waals surface area contributed by atoms with Gasteiger partial charge < -0.3 is 4.18 Å². The summed E-state index contributed by atoms with van der Waals surface area (Å²) in [5.41, 5.74) is -0.496. The number of rotatable bonds is 4. The Bertz CT molecular complexity index is 746. The highest BCUT2D eigenvalue weighted by Crippen LogP contribution is 2.32. The average Bonchev–Trinajstić information content (AvgIpc) is 2.39. The van der Waals surface area contributed by atoms with Crippen molar-refractivity contribution >= 4 is 27.4 Å². The van der Waals surface area contributed by atoms with Crippen LogP contribution in [0.3, 0.4) is 0 Å². The largest absolute Gasteiger partial charge is 0.379 e. The van der Waals surface area contributed by atoms with E-state index in [-0.39, 0.29) is 5.75 Å².